The molecule has 0 spiro atoms. The first-order chi connectivity index (χ1) is 6.83. The standard InChI is InChI=1S/C11H23NO2/c1-3-13-7-4-8-14-11-6-5-10(2)12-9-11/h10-12H,3-9H2,1-2H3. The van der Waals surface area contributed by atoms with Gasteiger partial charge < -0.3 is 14.8 Å². The van der Waals surface area contributed by atoms with E-state index >= 15 is 0 Å². The summed E-state index contributed by atoms with van der Waals surface area (Å²) in [4.78, 5) is 0. The molecule has 3 heteroatoms. The summed E-state index contributed by atoms with van der Waals surface area (Å²) in [6, 6.07) is 0.665. The Morgan fingerprint density at radius 1 is 1.29 bits per heavy atom. The van der Waals surface area contributed by atoms with E-state index in [2.05, 4.69) is 12.2 Å². The molecular formula is C11H23NO2. The summed E-state index contributed by atoms with van der Waals surface area (Å²) in [5.74, 6) is 0. The lowest BCUT2D eigenvalue weighted by Gasteiger charge is -2.27. The van der Waals surface area contributed by atoms with Crippen LogP contribution in [0, 0.1) is 0 Å². The van der Waals surface area contributed by atoms with E-state index in [1.807, 2.05) is 6.92 Å². The fraction of sp³-hybridized carbons (Fsp3) is 1.00. The molecule has 14 heavy (non-hydrogen) atoms. The molecule has 0 aromatic heterocycles. The van der Waals surface area contributed by atoms with Crippen molar-refractivity contribution in [1.82, 2.24) is 5.32 Å². The Hall–Kier alpha value is -0.120. The Bertz CT molecular complexity index is 133. The molecule has 0 aromatic carbocycles. The smallest absolute Gasteiger partial charge is 0.0700 e. The second kappa shape index (κ2) is 7.21. The Morgan fingerprint density at radius 3 is 2.79 bits per heavy atom. The molecule has 0 amide bonds. The average Bonchev–Trinajstić information content (AvgIpc) is 2.21. The molecule has 1 rings (SSSR count). The molecule has 2 unspecified atom stereocenters. The second-order valence-electron chi connectivity index (χ2n) is 3.93. The molecule has 3 nitrogen and oxygen atoms in total. The van der Waals surface area contributed by atoms with E-state index in [0.717, 1.165) is 32.8 Å². The Morgan fingerprint density at radius 2 is 2.14 bits per heavy atom. The van der Waals surface area contributed by atoms with Crippen LogP contribution in [0.3, 0.4) is 0 Å². The third-order valence-electron chi connectivity index (χ3n) is 2.61. The highest BCUT2D eigenvalue weighted by molar-refractivity contribution is 4.74. The molecule has 0 bridgehead atoms. The van der Waals surface area contributed by atoms with Crippen molar-refractivity contribution in [3.05, 3.63) is 0 Å². The normalized spacial score (nSPS) is 27.9. The first kappa shape index (κ1) is 12.0. The van der Waals surface area contributed by atoms with Gasteiger partial charge in [-0.3, -0.25) is 0 Å². The zero-order valence-electron chi connectivity index (χ0n) is 9.42. The Balaban J connectivity index is 1.91. The molecule has 1 N–H and O–H groups in total. The molecule has 1 aliphatic heterocycles. The Labute approximate surface area is 87.2 Å². The van der Waals surface area contributed by atoms with Gasteiger partial charge in [0.05, 0.1) is 6.10 Å². The third-order valence-corrected chi connectivity index (χ3v) is 2.61. The summed E-state index contributed by atoms with van der Waals surface area (Å²) >= 11 is 0. The molecule has 0 aliphatic carbocycles. The lowest BCUT2D eigenvalue weighted by molar-refractivity contribution is 0.0172. The van der Waals surface area contributed by atoms with E-state index in [9.17, 15) is 0 Å². The van der Waals surface area contributed by atoms with Gasteiger partial charge in [0.25, 0.3) is 0 Å². The molecule has 1 aliphatic rings. The van der Waals surface area contributed by atoms with Crippen LogP contribution in [-0.4, -0.2) is 38.5 Å². The van der Waals surface area contributed by atoms with Gasteiger partial charge in [0.2, 0.25) is 0 Å². The van der Waals surface area contributed by atoms with Gasteiger partial charge in [-0.25, -0.2) is 0 Å². The molecule has 1 fully saturated rings. The van der Waals surface area contributed by atoms with Gasteiger partial charge in [0, 0.05) is 32.4 Å². The van der Waals surface area contributed by atoms with Crippen LogP contribution in [0.5, 0.6) is 0 Å². The molecule has 1 heterocycles. The fourth-order valence-corrected chi connectivity index (χ4v) is 1.67. The van der Waals surface area contributed by atoms with E-state index in [0.29, 0.717) is 12.1 Å². The number of rotatable bonds is 6. The first-order valence-corrected chi connectivity index (χ1v) is 5.75. The van der Waals surface area contributed by atoms with Gasteiger partial charge in [0.1, 0.15) is 0 Å². The van der Waals surface area contributed by atoms with E-state index in [-0.39, 0.29) is 0 Å². The van der Waals surface area contributed by atoms with Crippen LogP contribution >= 0.6 is 0 Å². The van der Waals surface area contributed by atoms with Gasteiger partial charge >= 0.3 is 0 Å². The van der Waals surface area contributed by atoms with Crippen molar-refractivity contribution in [1.29, 1.82) is 0 Å². The quantitative estimate of drug-likeness (QED) is 0.662. The van der Waals surface area contributed by atoms with Crippen molar-refractivity contribution in [2.45, 2.75) is 45.3 Å². The highest BCUT2D eigenvalue weighted by atomic mass is 16.5. The SMILES string of the molecule is CCOCCCOC1CCC(C)NC1. The van der Waals surface area contributed by atoms with E-state index < -0.39 is 0 Å². The van der Waals surface area contributed by atoms with Gasteiger partial charge in [0.15, 0.2) is 0 Å². The minimum Gasteiger partial charge on any atom is -0.382 e. The lowest BCUT2D eigenvalue weighted by Crippen LogP contribution is -2.41. The van der Waals surface area contributed by atoms with Crippen molar-refractivity contribution in [3.63, 3.8) is 0 Å². The molecule has 0 radical (unpaired) electrons. The predicted molar refractivity (Wildman–Crippen MR) is 57.5 cm³/mol. The van der Waals surface area contributed by atoms with Crippen LogP contribution in [0.1, 0.15) is 33.1 Å². The van der Waals surface area contributed by atoms with Gasteiger partial charge in [-0.2, -0.15) is 0 Å². The summed E-state index contributed by atoms with van der Waals surface area (Å²) in [5.41, 5.74) is 0. The van der Waals surface area contributed by atoms with Crippen molar-refractivity contribution in [2.24, 2.45) is 0 Å². The van der Waals surface area contributed by atoms with Crippen molar-refractivity contribution in [2.75, 3.05) is 26.4 Å². The molecule has 1 saturated heterocycles. The zero-order chi connectivity index (χ0) is 10.2. The van der Waals surface area contributed by atoms with Crippen LogP contribution in [-0.2, 0) is 9.47 Å². The first-order valence-electron chi connectivity index (χ1n) is 5.75. The van der Waals surface area contributed by atoms with Crippen LogP contribution in [0.15, 0.2) is 0 Å². The van der Waals surface area contributed by atoms with Crippen molar-refractivity contribution < 1.29 is 9.47 Å². The summed E-state index contributed by atoms with van der Waals surface area (Å²) < 4.78 is 11.0. The average molecular weight is 201 g/mol. The van der Waals surface area contributed by atoms with Gasteiger partial charge in [-0.1, -0.05) is 0 Å². The van der Waals surface area contributed by atoms with E-state index in [4.69, 9.17) is 9.47 Å². The summed E-state index contributed by atoms with van der Waals surface area (Å²) in [6.45, 7) is 7.73. The predicted octanol–water partition coefficient (Wildman–Crippen LogP) is 1.57. The van der Waals surface area contributed by atoms with Gasteiger partial charge in [-0.05, 0) is 33.1 Å². The van der Waals surface area contributed by atoms with Crippen molar-refractivity contribution in [3.8, 4) is 0 Å². The van der Waals surface area contributed by atoms with E-state index in [1.54, 1.807) is 0 Å². The fourth-order valence-electron chi connectivity index (χ4n) is 1.67. The molecule has 0 saturated carbocycles. The summed E-state index contributed by atoms with van der Waals surface area (Å²) in [7, 11) is 0. The lowest BCUT2D eigenvalue weighted by atomic mass is 10.0. The van der Waals surface area contributed by atoms with Crippen LogP contribution < -0.4 is 5.32 Å². The minimum absolute atomic E-state index is 0.424. The zero-order valence-corrected chi connectivity index (χ0v) is 9.42. The number of hydrogen-bond donors (Lipinski definition) is 1. The highest BCUT2D eigenvalue weighted by Crippen LogP contribution is 2.10. The van der Waals surface area contributed by atoms with Crippen LogP contribution in [0.4, 0.5) is 0 Å². The summed E-state index contributed by atoms with van der Waals surface area (Å²) in [6.07, 6.45) is 3.87. The number of piperidine rings is 1. The number of nitrogens with one attached hydrogen (secondary N) is 1. The summed E-state index contributed by atoms with van der Waals surface area (Å²) in [5, 5.41) is 3.43. The second-order valence-corrected chi connectivity index (χ2v) is 3.93. The largest absolute Gasteiger partial charge is 0.382 e. The Kier molecular flexibility index (Phi) is 6.15. The third kappa shape index (κ3) is 4.94. The monoisotopic (exact) mass is 201 g/mol. The topological polar surface area (TPSA) is 30.5 Å². The van der Waals surface area contributed by atoms with Crippen molar-refractivity contribution >= 4 is 0 Å². The maximum Gasteiger partial charge on any atom is 0.0700 e. The van der Waals surface area contributed by atoms with E-state index in [1.165, 1.54) is 12.8 Å². The van der Waals surface area contributed by atoms with Crippen LogP contribution in [0.2, 0.25) is 0 Å². The van der Waals surface area contributed by atoms with Gasteiger partial charge in [-0.15, -0.1) is 0 Å². The maximum atomic E-state index is 5.74. The minimum atomic E-state index is 0.424. The number of hydrogen-bond acceptors (Lipinski definition) is 3. The number of ether oxygens (including phenoxy) is 2. The highest BCUT2D eigenvalue weighted by Gasteiger charge is 2.17. The molecule has 2 atom stereocenters. The maximum absolute atomic E-state index is 5.74. The molecule has 84 valence electrons. The molecular weight excluding hydrogens is 178 g/mol. The van der Waals surface area contributed by atoms with Crippen LogP contribution in [0.25, 0.3) is 0 Å². The molecule has 0 aromatic rings.